The van der Waals surface area contributed by atoms with Gasteiger partial charge in [-0.25, -0.2) is 8.42 Å². The molecule has 8 heteroatoms. The number of sulfonamides is 1. The van der Waals surface area contributed by atoms with Crippen LogP contribution in [0.3, 0.4) is 0 Å². The molecule has 0 radical (unpaired) electrons. The fraction of sp³-hybridized carbons (Fsp3) is 0.240. The predicted molar refractivity (Wildman–Crippen MR) is 140 cm³/mol. The largest absolute Gasteiger partial charge is 0.354 e. The summed E-state index contributed by atoms with van der Waals surface area (Å²) in [6.45, 7) is 4.13. The van der Waals surface area contributed by atoms with Gasteiger partial charge in [-0.05, 0) is 55.8 Å². The molecule has 1 amide bonds. The van der Waals surface area contributed by atoms with E-state index >= 15 is 0 Å². The Kier molecular flexibility index (Phi) is 9.00. The number of rotatable bonds is 10. The van der Waals surface area contributed by atoms with Crippen LogP contribution >= 0.6 is 27.7 Å². The molecule has 0 saturated carbocycles. The summed E-state index contributed by atoms with van der Waals surface area (Å²) in [5.41, 5.74) is 3.86. The van der Waals surface area contributed by atoms with Gasteiger partial charge in [0.25, 0.3) is 10.0 Å². The first kappa shape index (κ1) is 25.3. The average molecular weight is 548 g/mol. The number of nitrogens with one attached hydrogen (secondary N) is 1. The van der Waals surface area contributed by atoms with Crippen LogP contribution in [0.5, 0.6) is 0 Å². The van der Waals surface area contributed by atoms with Gasteiger partial charge >= 0.3 is 0 Å². The zero-order valence-electron chi connectivity index (χ0n) is 18.6. The summed E-state index contributed by atoms with van der Waals surface area (Å²) >= 11 is 5.09. The molecular weight excluding hydrogens is 520 g/mol. The molecule has 3 rings (SSSR count). The Balaban J connectivity index is 1.63. The molecule has 0 spiro atoms. The van der Waals surface area contributed by atoms with Crippen LogP contribution < -0.4 is 9.62 Å². The van der Waals surface area contributed by atoms with Gasteiger partial charge < -0.3 is 5.32 Å². The minimum atomic E-state index is -3.90. The van der Waals surface area contributed by atoms with Gasteiger partial charge in [-0.15, -0.1) is 0 Å². The van der Waals surface area contributed by atoms with E-state index in [1.54, 1.807) is 60.3 Å². The topological polar surface area (TPSA) is 66.5 Å². The van der Waals surface area contributed by atoms with E-state index in [-0.39, 0.29) is 17.3 Å². The molecule has 1 N–H and O–H groups in total. The molecule has 3 aromatic rings. The highest BCUT2D eigenvalue weighted by atomic mass is 79.9. The van der Waals surface area contributed by atoms with E-state index in [0.29, 0.717) is 12.2 Å². The van der Waals surface area contributed by atoms with Gasteiger partial charge in [-0.3, -0.25) is 9.10 Å². The summed E-state index contributed by atoms with van der Waals surface area (Å²) in [5, 5.41) is 2.85. The van der Waals surface area contributed by atoms with Crippen LogP contribution in [-0.4, -0.2) is 33.2 Å². The van der Waals surface area contributed by atoms with Crippen LogP contribution in [0.1, 0.15) is 16.7 Å². The summed E-state index contributed by atoms with van der Waals surface area (Å²) < 4.78 is 28.7. The lowest BCUT2D eigenvalue weighted by atomic mass is 10.2. The molecule has 5 nitrogen and oxygen atoms in total. The van der Waals surface area contributed by atoms with Crippen LogP contribution in [0, 0.1) is 13.8 Å². The molecule has 0 unspecified atom stereocenters. The Bertz CT molecular complexity index is 1160. The maximum atomic E-state index is 13.4. The second-order valence-corrected chi connectivity index (χ2v) is 11.6. The SMILES string of the molecule is Cc1ccc(CSCCNC(=O)CN(c2ccc(Br)cc2)S(=O)(=O)c2ccc(C)cc2)cc1. The van der Waals surface area contributed by atoms with Crippen molar-refractivity contribution in [2.24, 2.45) is 0 Å². The van der Waals surface area contributed by atoms with Crippen LogP contribution in [0.2, 0.25) is 0 Å². The Morgan fingerprint density at radius 3 is 2.09 bits per heavy atom. The minimum Gasteiger partial charge on any atom is -0.354 e. The van der Waals surface area contributed by atoms with Crippen molar-refractivity contribution in [2.45, 2.75) is 24.5 Å². The standard InChI is InChI=1S/C25H27BrN2O3S2/c1-19-3-7-21(8-4-19)18-32-16-15-27-25(29)17-28(23-11-9-22(26)10-12-23)33(30,31)24-13-5-20(2)6-14-24/h3-14H,15-18H2,1-2H3,(H,27,29). The molecule has 0 aliphatic carbocycles. The van der Waals surface area contributed by atoms with Crippen molar-refractivity contribution in [2.75, 3.05) is 23.1 Å². The van der Waals surface area contributed by atoms with E-state index in [0.717, 1.165) is 25.8 Å². The van der Waals surface area contributed by atoms with Gasteiger partial charge in [0.1, 0.15) is 6.54 Å². The van der Waals surface area contributed by atoms with Crippen LogP contribution in [0.25, 0.3) is 0 Å². The molecule has 0 atom stereocenters. The molecule has 0 fully saturated rings. The molecule has 0 saturated heterocycles. The normalized spacial score (nSPS) is 11.2. The number of hydrogen-bond acceptors (Lipinski definition) is 4. The van der Waals surface area contributed by atoms with Crippen molar-refractivity contribution < 1.29 is 13.2 Å². The highest BCUT2D eigenvalue weighted by molar-refractivity contribution is 9.10. The molecule has 33 heavy (non-hydrogen) atoms. The number of thioether (sulfide) groups is 1. The lowest BCUT2D eigenvalue weighted by molar-refractivity contribution is -0.119. The Labute approximate surface area is 208 Å². The first-order valence-corrected chi connectivity index (χ1v) is 13.9. The van der Waals surface area contributed by atoms with Crippen LogP contribution in [0.15, 0.2) is 82.2 Å². The molecule has 0 heterocycles. The van der Waals surface area contributed by atoms with Gasteiger partial charge in [0.15, 0.2) is 0 Å². The number of nitrogens with zero attached hydrogens (tertiary/aromatic N) is 1. The fourth-order valence-corrected chi connectivity index (χ4v) is 5.59. The quantitative estimate of drug-likeness (QED) is 0.350. The summed E-state index contributed by atoms with van der Waals surface area (Å²) in [6.07, 6.45) is 0. The van der Waals surface area contributed by atoms with Gasteiger partial charge in [-0.2, -0.15) is 11.8 Å². The zero-order chi connectivity index (χ0) is 23.8. The van der Waals surface area contributed by atoms with Crippen molar-refractivity contribution in [3.05, 3.63) is 94.0 Å². The molecule has 3 aromatic carbocycles. The molecule has 0 bridgehead atoms. The summed E-state index contributed by atoms with van der Waals surface area (Å²) in [6, 6.07) is 21.9. The number of amides is 1. The van der Waals surface area contributed by atoms with Gasteiger partial charge in [0.2, 0.25) is 5.91 Å². The number of carbonyl (C=O) groups is 1. The lowest BCUT2D eigenvalue weighted by Gasteiger charge is -2.24. The molecular formula is C25H27BrN2O3S2. The van der Waals surface area contributed by atoms with Gasteiger partial charge in [-0.1, -0.05) is 63.5 Å². The highest BCUT2D eigenvalue weighted by Crippen LogP contribution is 2.25. The summed E-state index contributed by atoms with van der Waals surface area (Å²) in [7, 11) is -3.90. The lowest BCUT2D eigenvalue weighted by Crippen LogP contribution is -2.41. The first-order valence-electron chi connectivity index (χ1n) is 10.5. The maximum Gasteiger partial charge on any atom is 0.264 e. The van der Waals surface area contributed by atoms with Crippen LogP contribution in [-0.2, 0) is 20.6 Å². The number of carbonyl (C=O) groups excluding carboxylic acids is 1. The number of halogens is 1. The van der Waals surface area contributed by atoms with E-state index in [9.17, 15) is 13.2 Å². The number of benzene rings is 3. The molecule has 0 aliphatic rings. The van der Waals surface area contributed by atoms with Crippen molar-refractivity contribution in [3.63, 3.8) is 0 Å². The molecule has 0 aliphatic heterocycles. The van der Waals surface area contributed by atoms with E-state index in [1.807, 2.05) is 6.92 Å². The molecule has 0 aromatic heterocycles. The average Bonchev–Trinajstić information content (AvgIpc) is 2.79. The van der Waals surface area contributed by atoms with Gasteiger partial charge in [0.05, 0.1) is 10.6 Å². The zero-order valence-corrected chi connectivity index (χ0v) is 21.8. The predicted octanol–water partition coefficient (Wildman–Crippen LogP) is 5.31. The third-order valence-corrected chi connectivity index (χ3v) is 8.32. The van der Waals surface area contributed by atoms with E-state index in [1.165, 1.54) is 11.1 Å². The first-order chi connectivity index (χ1) is 15.8. The highest BCUT2D eigenvalue weighted by Gasteiger charge is 2.27. The van der Waals surface area contributed by atoms with Crippen molar-refractivity contribution in [1.82, 2.24) is 5.32 Å². The number of anilines is 1. The Morgan fingerprint density at radius 1 is 0.909 bits per heavy atom. The van der Waals surface area contributed by atoms with E-state index < -0.39 is 10.0 Å². The molecule has 174 valence electrons. The third-order valence-electron chi connectivity index (χ3n) is 4.97. The fourth-order valence-electron chi connectivity index (χ4n) is 3.08. The summed E-state index contributed by atoms with van der Waals surface area (Å²) in [5.74, 6) is 1.26. The number of hydrogen-bond donors (Lipinski definition) is 1. The van der Waals surface area contributed by atoms with Crippen molar-refractivity contribution in [1.29, 1.82) is 0 Å². The minimum absolute atomic E-state index is 0.150. The second-order valence-electron chi connectivity index (χ2n) is 7.69. The summed E-state index contributed by atoms with van der Waals surface area (Å²) in [4.78, 5) is 12.8. The van der Waals surface area contributed by atoms with Crippen LogP contribution in [0.4, 0.5) is 5.69 Å². The van der Waals surface area contributed by atoms with E-state index in [2.05, 4.69) is 52.4 Å². The van der Waals surface area contributed by atoms with Crippen molar-refractivity contribution >= 4 is 49.3 Å². The Morgan fingerprint density at radius 2 is 1.48 bits per heavy atom. The van der Waals surface area contributed by atoms with E-state index in [4.69, 9.17) is 0 Å². The third kappa shape index (κ3) is 7.35. The van der Waals surface area contributed by atoms with Gasteiger partial charge in [0, 0.05) is 22.5 Å². The Hall–Kier alpha value is -2.29. The maximum absolute atomic E-state index is 13.4. The monoisotopic (exact) mass is 546 g/mol. The number of aryl methyl sites for hydroxylation is 2. The second kappa shape index (κ2) is 11.7. The van der Waals surface area contributed by atoms with Crippen molar-refractivity contribution in [3.8, 4) is 0 Å². The smallest absolute Gasteiger partial charge is 0.264 e.